The van der Waals surface area contributed by atoms with Crippen LogP contribution < -0.4 is 0 Å². The predicted molar refractivity (Wildman–Crippen MR) is 585 cm³/mol. The molecule has 0 nitrogen and oxygen atoms in total. The maximum absolute atomic E-state index is 2.50. The van der Waals surface area contributed by atoms with Crippen molar-refractivity contribution >= 4 is 172 Å². The maximum atomic E-state index is 2.50. The van der Waals surface area contributed by atoms with Gasteiger partial charge in [0.2, 0.25) is 0 Å². The largest absolute Gasteiger partial charge is 0.0622 e. The summed E-state index contributed by atoms with van der Waals surface area (Å²) in [5, 5.41) is 41.4. The molecular weight excluding hydrogens is 1630 g/mol. The van der Waals surface area contributed by atoms with Crippen molar-refractivity contribution in [2.75, 3.05) is 0 Å². The molecule has 31 rings (SSSR count). The molecule has 0 unspecified atom stereocenters. The van der Waals surface area contributed by atoms with Gasteiger partial charge >= 0.3 is 0 Å². The topological polar surface area (TPSA) is 0 Å². The van der Waals surface area contributed by atoms with E-state index in [9.17, 15) is 0 Å². The first-order chi connectivity index (χ1) is 67.4. The third kappa shape index (κ3) is 11.6. The Kier molecular flexibility index (Phi) is 16.7. The summed E-state index contributed by atoms with van der Waals surface area (Å²) < 4.78 is 0. The molecular formula is C136H80. The molecule has 0 heteroatoms. The minimum Gasteiger partial charge on any atom is -0.0622 e. The Bertz CT molecular complexity index is 10100. The van der Waals surface area contributed by atoms with E-state index in [1.165, 1.54) is 306 Å². The van der Waals surface area contributed by atoms with E-state index in [1.807, 2.05) is 0 Å². The third-order valence-electron chi connectivity index (χ3n) is 30.2. The molecule has 0 aliphatic heterocycles. The van der Waals surface area contributed by atoms with E-state index in [1.54, 1.807) is 0 Å². The summed E-state index contributed by atoms with van der Waals surface area (Å²) in [6, 6.07) is 181. The number of benzene rings is 28. The lowest BCUT2D eigenvalue weighted by Crippen LogP contribution is -1.91. The molecule has 3 aliphatic carbocycles. The van der Waals surface area contributed by atoms with Crippen molar-refractivity contribution < 1.29 is 0 Å². The monoisotopic (exact) mass is 1710 g/mol. The summed E-state index contributed by atoms with van der Waals surface area (Å²) in [6.45, 7) is 0. The second-order valence-corrected chi connectivity index (χ2v) is 37.3. The van der Waals surface area contributed by atoms with E-state index in [2.05, 4.69) is 485 Å². The average Bonchev–Trinajstić information content (AvgIpc) is 1.45. The number of fused-ring (bicyclic) bond motifs is 28. The highest BCUT2D eigenvalue weighted by Gasteiger charge is 2.30. The van der Waals surface area contributed by atoms with E-state index in [0.29, 0.717) is 0 Å². The van der Waals surface area contributed by atoms with Crippen LogP contribution in [-0.2, 0) is 0 Å². The molecule has 0 radical (unpaired) electrons. The molecule has 0 N–H and O–H groups in total. The fraction of sp³-hybridized carbons (Fsp3) is 0. The van der Waals surface area contributed by atoms with Gasteiger partial charge < -0.3 is 0 Å². The van der Waals surface area contributed by atoms with E-state index in [-0.39, 0.29) is 0 Å². The van der Waals surface area contributed by atoms with Crippen molar-refractivity contribution in [2.24, 2.45) is 0 Å². The zero-order valence-corrected chi connectivity index (χ0v) is 74.2. The summed E-state index contributed by atoms with van der Waals surface area (Å²) in [4.78, 5) is 0. The Hall–Kier alpha value is -17.7. The van der Waals surface area contributed by atoms with Crippen LogP contribution in [-0.4, -0.2) is 0 Å². The zero-order chi connectivity index (χ0) is 88.9. The van der Waals surface area contributed by atoms with E-state index in [0.717, 1.165) is 0 Å². The minimum atomic E-state index is 1.25. The van der Waals surface area contributed by atoms with Gasteiger partial charge in [-0.25, -0.2) is 0 Å². The first-order valence-corrected chi connectivity index (χ1v) is 47.5. The molecule has 0 saturated carbocycles. The molecule has 0 bridgehead atoms. The SMILES string of the molecule is c1ccc(-c2cc3c4cc5c(cc4c(-c4ccccc4)cc3c3ccccc23)-c2cccc3cccc-5c23)cc1.c1ccc2c(-c3cc4c5cc6c(cc5c(-c5cccc7ccccc57)cc4c4ccccc34)-c3cccc4cccc-6c34)cccc2c1.c1ccc2cc(-c3cc4c5cc6c(cc5c(-c5ccc7ccccc7c5)cc4c4ccccc34)-c3cccc4cccc-6c34)ccc2c1. The van der Waals surface area contributed by atoms with Crippen molar-refractivity contribution in [3.63, 3.8) is 0 Å². The van der Waals surface area contributed by atoms with Crippen LogP contribution in [0, 0.1) is 0 Å². The Morgan fingerprint density at radius 1 is 0.0735 bits per heavy atom. The van der Waals surface area contributed by atoms with Crippen LogP contribution in [0.15, 0.2) is 485 Å². The Morgan fingerprint density at radius 3 is 0.632 bits per heavy atom. The second kappa shape index (κ2) is 29.9. The van der Waals surface area contributed by atoms with Crippen LogP contribution in [0.1, 0.15) is 0 Å². The molecule has 0 aromatic heterocycles. The first kappa shape index (κ1) is 76.1. The highest BCUT2D eigenvalue weighted by atomic mass is 14.3. The molecule has 0 amide bonds. The molecule has 136 heavy (non-hydrogen) atoms. The van der Waals surface area contributed by atoms with Crippen molar-refractivity contribution in [1.29, 1.82) is 0 Å². The van der Waals surface area contributed by atoms with Gasteiger partial charge in [0.1, 0.15) is 0 Å². The molecule has 0 heterocycles. The Labute approximate surface area is 785 Å². The molecule has 0 saturated heterocycles. The van der Waals surface area contributed by atoms with Crippen molar-refractivity contribution in [2.45, 2.75) is 0 Å². The Morgan fingerprint density at radius 2 is 0.279 bits per heavy atom. The maximum Gasteiger partial charge on any atom is -0.00264 e. The molecule has 0 spiro atoms. The van der Waals surface area contributed by atoms with Gasteiger partial charge in [0, 0.05) is 0 Å². The lowest BCUT2D eigenvalue weighted by molar-refractivity contribution is 1.66. The van der Waals surface area contributed by atoms with Gasteiger partial charge in [-0.1, -0.05) is 400 Å². The Balaban J connectivity index is 0.0000000994. The van der Waals surface area contributed by atoms with Crippen LogP contribution in [0.5, 0.6) is 0 Å². The summed E-state index contributed by atoms with van der Waals surface area (Å²) in [7, 11) is 0. The average molecular weight is 1710 g/mol. The van der Waals surface area contributed by atoms with Gasteiger partial charge in [-0.15, -0.1) is 0 Å². The zero-order valence-electron chi connectivity index (χ0n) is 74.2. The highest BCUT2D eigenvalue weighted by molar-refractivity contribution is 6.32. The number of hydrogen-bond donors (Lipinski definition) is 0. The second-order valence-electron chi connectivity index (χ2n) is 37.3. The molecule has 28 aromatic carbocycles. The summed E-state index contributed by atoms with van der Waals surface area (Å²) >= 11 is 0. The molecule has 0 atom stereocenters. The summed E-state index contributed by atoms with van der Waals surface area (Å²) in [6.07, 6.45) is 0. The van der Waals surface area contributed by atoms with Crippen LogP contribution in [0.4, 0.5) is 0 Å². The molecule has 28 aromatic rings. The summed E-state index contributed by atoms with van der Waals surface area (Å²) in [5.41, 5.74) is 31.2. The van der Waals surface area contributed by atoms with E-state index >= 15 is 0 Å². The van der Waals surface area contributed by atoms with Crippen LogP contribution in [0.2, 0.25) is 0 Å². The quantitative estimate of drug-likeness (QED) is 0.146. The standard InChI is InChI=1S/2C48H28.C40H24/c1-3-17-32-29(11-1)13-7-21-34(32)40-25-45-42(37-20-6-5-19-36(37)40)26-41(35-22-8-14-30-12-2-4-18-33(30)35)46-27-43-38-23-9-15-31-16-10-24-39(48(31)38)44(43)28-47(45)46;1-3-11-32-23-34(21-19-29(32)9-1)40-25-46-42(37-16-6-5-15-36(37)40)26-41(35-22-20-30-10-2-4-12-33(30)24-35)45-27-43-38-17-7-13-31-14-8-18-39(48(31)38)44(43)28-47(45)46;1-3-11-25(12-4-1)32-21-38-34(29-18-8-7-17-28(29)32)22-33(26-13-5-2-6-14-26)37-23-35-30-19-9-15-27-16-10-20-31(40(27)30)36(35)24-39(37)38/h2*1-28H;1-24H. The highest BCUT2D eigenvalue weighted by Crippen LogP contribution is 2.57. The lowest BCUT2D eigenvalue weighted by atomic mass is 9.84. The predicted octanol–water partition coefficient (Wildman–Crippen LogP) is 38.5. The fourth-order valence-electron chi connectivity index (χ4n) is 24.1. The van der Waals surface area contributed by atoms with Crippen LogP contribution in [0.3, 0.4) is 0 Å². The van der Waals surface area contributed by atoms with Crippen molar-refractivity contribution in [3.05, 3.63) is 485 Å². The number of rotatable bonds is 6. The number of hydrogen-bond acceptors (Lipinski definition) is 0. The van der Waals surface area contributed by atoms with Crippen molar-refractivity contribution in [3.8, 4) is 134 Å². The van der Waals surface area contributed by atoms with Gasteiger partial charge in [-0.3, -0.25) is 0 Å². The first-order valence-electron chi connectivity index (χ1n) is 47.5. The van der Waals surface area contributed by atoms with Crippen LogP contribution in [0.25, 0.3) is 306 Å². The van der Waals surface area contributed by atoms with Crippen molar-refractivity contribution in [1.82, 2.24) is 0 Å². The van der Waals surface area contributed by atoms with Gasteiger partial charge in [0.25, 0.3) is 0 Å². The molecule has 624 valence electrons. The van der Waals surface area contributed by atoms with E-state index < -0.39 is 0 Å². The lowest BCUT2D eigenvalue weighted by Gasteiger charge is -2.19. The van der Waals surface area contributed by atoms with E-state index in [4.69, 9.17) is 0 Å². The fourth-order valence-corrected chi connectivity index (χ4v) is 24.1. The van der Waals surface area contributed by atoms with Gasteiger partial charge in [0.05, 0.1) is 0 Å². The van der Waals surface area contributed by atoms with Gasteiger partial charge in [-0.2, -0.15) is 0 Å². The third-order valence-corrected chi connectivity index (χ3v) is 30.2. The van der Waals surface area contributed by atoms with Gasteiger partial charge in [-0.05, 0) is 391 Å². The molecule has 3 aliphatic rings. The minimum absolute atomic E-state index is 1.25. The van der Waals surface area contributed by atoms with Gasteiger partial charge in [0.15, 0.2) is 0 Å². The summed E-state index contributed by atoms with van der Waals surface area (Å²) in [5.74, 6) is 0. The smallest absolute Gasteiger partial charge is 0.00264 e. The van der Waals surface area contributed by atoms with Crippen LogP contribution >= 0.6 is 0 Å². The molecule has 0 fully saturated rings. The normalized spacial score (nSPS) is 12.1.